The summed E-state index contributed by atoms with van der Waals surface area (Å²) >= 11 is 7.22. The summed E-state index contributed by atoms with van der Waals surface area (Å²) in [5.74, 6) is 4.11. The lowest BCUT2D eigenvalue weighted by Gasteiger charge is -2.06. The first-order valence-electron chi connectivity index (χ1n) is 6.02. The highest BCUT2D eigenvalue weighted by atomic mass is 35.5. The lowest BCUT2D eigenvalue weighted by molar-refractivity contribution is 0.0947. The molecule has 0 radical (unpaired) electrons. The van der Waals surface area contributed by atoms with E-state index in [4.69, 9.17) is 16.7 Å². The molecule has 6 heteroatoms. The Labute approximate surface area is 130 Å². The van der Waals surface area contributed by atoms with Crippen molar-refractivity contribution < 1.29 is 14.3 Å². The quantitative estimate of drug-likeness (QED) is 0.853. The number of aliphatic hydroxyl groups excluding tert-OH is 1. The second-order valence-corrected chi connectivity index (χ2v) is 5.58. The molecule has 108 valence electrons. The van der Waals surface area contributed by atoms with Crippen molar-refractivity contribution in [2.75, 3.05) is 6.61 Å². The molecule has 0 aliphatic rings. The molecule has 0 atom stereocenters. The Balaban J connectivity index is 2.03. The topological polar surface area (TPSA) is 49.3 Å². The molecule has 1 aromatic carbocycles. The molecule has 1 aromatic heterocycles. The minimum absolute atomic E-state index is 0.0770. The maximum absolute atomic E-state index is 13.6. The fourth-order valence-corrected chi connectivity index (χ4v) is 2.71. The summed E-state index contributed by atoms with van der Waals surface area (Å²) in [7, 11) is 0. The van der Waals surface area contributed by atoms with Crippen molar-refractivity contribution in [3.63, 3.8) is 0 Å². The van der Waals surface area contributed by atoms with Crippen molar-refractivity contribution in [2.24, 2.45) is 0 Å². The van der Waals surface area contributed by atoms with Gasteiger partial charge in [0.1, 0.15) is 12.4 Å². The highest BCUT2D eigenvalue weighted by molar-refractivity contribution is 7.12. The number of carbonyl (C=O) groups excluding carboxylic acids is 1. The van der Waals surface area contributed by atoms with Crippen molar-refractivity contribution >= 4 is 28.8 Å². The summed E-state index contributed by atoms with van der Waals surface area (Å²) in [5.41, 5.74) is -0.156. The molecule has 0 saturated heterocycles. The SMILES string of the molecule is O=C(NCc1ccc(C#CCO)s1)c1c(F)cccc1Cl. The summed E-state index contributed by atoms with van der Waals surface area (Å²) in [6, 6.07) is 7.71. The average Bonchev–Trinajstić information content (AvgIpc) is 2.90. The lowest BCUT2D eigenvalue weighted by Crippen LogP contribution is -2.23. The third kappa shape index (κ3) is 4.05. The van der Waals surface area contributed by atoms with Crippen molar-refractivity contribution in [2.45, 2.75) is 6.54 Å². The van der Waals surface area contributed by atoms with Gasteiger partial charge in [0.2, 0.25) is 0 Å². The number of nitrogens with one attached hydrogen (secondary N) is 1. The Bertz CT molecular complexity index is 698. The van der Waals surface area contributed by atoms with Gasteiger partial charge in [0.15, 0.2) is 0 Å². The van der Waals surface area contributed by atoms with E-state index in [1.807, 2.05) is 6.07 Å². The zero-order valence-corrected chi connectivity index (χ0v) is 12.4. The molecule has 1 heterocycles. The maximum atomic E-state index is 13.6. The van der Waals surface area contributed by atoms with Crippen LogP contribution in [-0.4, -0.2) is 17.6 Å². The van der Waals surface area contributed by atoms with Crippen LogP contribution >= 0.6 is 22.9 Å². The molecular weight excluding hydrogens is 313 g/mol. The number of hydrogen-bond acceptors (Lipinski definition) is 3. The van der Waals surface area contributed by atoms with E-state index in [0.717, 1.165) is 9.75 Å². The molecule has 21 heavy (non-hydrogen) atoms. The van der Waals surface area contributed by atoms with Gasteiger partial charge in [-0.25, -0.2) is 4.39 Å². The molecule has 0 bridgehead atoms. The minimum atomic E-state index is -0.652. The summed E-state index contributed by atoms with van der Waals surface area (Å²) in [6.07, 6.45) is 0. The van der Waals surface area contributed by atoms with E-state index in [9.17, 15) is 9.18 Å². The Hall–Kier alpha value is -1.87. The number of benzene rings is 1. The van der Waals surface area contributed by atoms with Crippen LogP contribution in [0.4, 0.5) is 4.39 Å². The first-order chi connectivity index (χ1) is 10.1. The lowest BCUT2D eigenvalue weighted by atomic mass is 10.2. The van der Waals surface area contributed by atoms with Crippen LogP contribution in [0, 0.1) is 17.7 Å². The van der Waals surface area contributed by atoms with Crippen LogP contribution in [0.2, 0.25) is 5.02 Å². The number of halogens is 2. The average molecular weight is 324 g/mol. The van der Waals surface area contributed by atoms with Gasteiger partial charge in [0.25, 0.3) is 5.91 Å². The van der Waals surface area contributed by atoms with E-state index in [1.165, 1.54) is 29.5 Å². The maximum Gasteiger partial charge on any atom is 0.256 e. The zero-order valence-electron chi connectivity index (χ0n) is 10.8. The number of hydrogen-bond donors (Lipinski definition) is 2. The molecule has 0 saturated carbocycles. The van der Waals surface area contributed by atoms with E-state index >= 15 is 0 Å². The number of rotatable bonds is 3. The van der Waals surface area contributed by atoms with Crippen LogP contribution in [0.15, 0.2) is 30.3 Å². The molecule has 2 rings (SSSR count). The van der Waals surface area contributed by atoms with Gasteiger partial charge in [0, 0.05) is 4.88 Å². The van der Waals surface area contributed by atoms with Crippen molar-refractivity contribution in [3.05, 3.63) is 56.5 Å². The van der Waals surface area contributed by atoms with Crippen LogP contribution in [-0.2, 0) is 6.54 Å². The zero-order chi connectivity index (χ0) is 15.2. The first-order valence-corrected chi connectivity index (χ1v) is 7.22. The largest absolute Gasteiger partial charge is 0.384 e. The van der Waals surface area contributed by atoms with Crippen LogP contribution in [0.25, 0.3) is 0 Å². The van der Waals surface area contributed by atoms with Gasteiger partial charge < -0.3 is 10.4 Å². The fraction of sp³-hybridized carbons (Fsp3) is 0.133. The minimum Gasteiger partial charge on any atom is -0.384 e. The highest BCUT2D eigenvalue weighted by Crippen LogP contribution is 2.19. The van der Waals surface area contributed by atoms with Gasteiger partial charge in [0.05, 0.1) is 22.0 Å². The standard InChI is InChI=1S/C15H11ClFNO2S/c16-12-4-1-5-13(17)14(12)15(20)18-9-11-7-6-10(21-11)3-2-8-19/h1,4-7,19H,8-9H2,(H,18,20). The third-order valence-corrected chi connectivity index (χ3v) is 3.88. The van der Waals surface area contributed by atoms with Crippen molar-refractivity contribution in [1.29, 1.82) is 0 Å². The molecule has 3 nitrogen and oxygen atoms in total. The van der Waals surface area contributed by atoms with Crippen molar-refractivity contribution in [1.82, 2.24) is 5.32 Å². The molecule has 0 fully saturated rings. The smallest absolute Gasteiger partial charge is 0.256 e. The second kappa shape index (κ2) is 7.23. The van der Waals surface area contributed by atoms with Gasteiger partial charge in [-0.3, -0.25) is 4.79 Å². The van der Waals surface area contributed by atoms with Crippen LogP contribution in [0.5, 0.6) is 0 Å². The van der Waals surface area contributed by atoms with E-state index in [0.29, 0.717) is 0 Å². The summed E-state index contributed by atoms with van der Waals surface area (Å²) in [6.45, 7) is 0.0602. The van der Waals surface area contributed by atoms with E-state index < -0.39 is 11.7 Å². The normalized spacial score (nSPS) is 9.86. The Morgan fingerprint density at radius 2 is 2.19 bits per heavy atom. The Kier molecular flexibility index (Phi) is 5.34. The number of amides is 1. The summed E-state index contributed by atoms with van der Waals surface area (Å²) in [4.78, 5) is 13.6. The predicted molar refractivity (Wildman–Crippen MR) is 80.9 cm³/mol. The number of thiophene rings is 1. The Morgan fingerprint density at radius 1 is 1.38 bits per heavy atom. The highest BCUT2D eigenvalue weighted by Gasteiger charge is 2.15. The van der Waals surface area contributed by atoms with Gasteiger partial charge in [-0.1, -0.05) is 29.5 Å². The van der Waals surface area contributed by atoms with E-state index in [-0.39, 0.29) is 23.7 Å². The molecular formula is C15H11ClFNO2S. The number of aliphatic hydroxyl groups is 1. The van der Waals surface area contributed by atoms with E-state index in [2.05, 4.69) is 17.2 Å². The summed E-state index contributed by atoms with van der Waals surface area (Å²) < 4.78 is 13.6. The summed E-state index contributed by atoms with van der Waals surface area (Å²) in [5, 5.41) is 11.3. The molecule has 0 aliphatic heterocycles. The monoisotopic (exact) mass is 323 g/mol. The van der Waals surface area contributed by atoms with Gasteiger partial charge >= 0.3 is 0 Å². The number of carbonyl (C=O) groups is 1. The Morgan fingerprint density at radius 3 is 2.90 bits per heavy atom. The van der Waals surface area contributed by atoms with Crippen molar-refractivity contribution in [3.8, 4) is 11.8 Å². The molecule has 1 amide bonds. The van der Waals surface area contributed by atoms with Gasteiger partial charge in [-0.2, -0.15) is 0 Å². The predicted octanol–water partition coefficient (Wildman–Crippen LogP) is 2.81. The molecule has 0 spiro atoms. The van der Waals surface area contributed by atoms with E-state index in [1.54, 1.807) is 6.07 Å². The van der Waals surface area contributed by atoms with Crippen LogP contribution in [0.1, 0.15) is 20.1 Å². The second-order valence-electron chi connectivity index (χ2n) is 4.01. The molecule has 0 unspecified atom stereocenters. The van der Waals surface area contributed by atoms with Gasteiger partial charge in [-0.05, 0) is 24.3 Å². The first kappa shape index (κ1) is 15.5. The fourth-order valence-electron chi connectivity index (χ4n) is 1.64. The van der Waals surface area contributed by atoms with Crippen LogP contribution in [0.3, 0.4) is 0 Å². The molecule has 2 N–H and O–H groups in total. The molecule has 0 aliphatic carbocycles. The third-order valence-electron chi connectivity index (χ3n) is 2.57. The van der Waals surface area contributed by atoms with Gasteiger partial charge in [-0.15, -0.1) is 11.3 Å². The molecule has 2 aromatic rings. The van der Waals surface area contributed by atoms with Crippen LogP contribution < -0.4 is 5.32 Å².